The summed E-state index contributed by atoms with van der Waals surface area (Å²) in [5.41, 5.74) is 5.16. The minimum Gasteiger partial charge on any atom is -0.358 e. The number of carbonyl (C=O) groups is 1. The number of amides is 1. The van der Waals surface area contributed by atoms with Crippen LogP contribution in [0.25, 0.3) is 10.9 Å². The molecule has 20 heavy (non-hydrogen) atoms. The molecule has 1 aromatic carbocycles. The van der Waals surface area contributed by atoms with Crippen LogP contribution in [0.1, 0.15) is 36.6 Å². The third kappa shape index (κ3) is 2.33. The maximum Gasteiger partial charge on any atom is 0.223 e. The molecule has 0 spiro atoms. The van der Waals surface area contributed by atoms with E-state index in [2.05, 4.69) is 42.3 Å². The van der Waals surface area contributed by atoms with E-state index in [-0.39, 0.29) is 11.8 Å². The predicted octanol–water partition coefficient (Wildman–Crippen LogP) is 3.11. The number of rotatable bonds is 3. The number of benzene rings is 1. The van der Waals surface area contributed by atoms with Crippen molar-refractivity contribution in [3.63, 3.8) is 0 Å². The molecule has 0 aliphatic heterocycles. The molecule has 3 nitrogen and oxygen atoms in total. The van der Waals surface area contributed by atoms with Gasteiger partial charge in [-0.1, -0.05) is 18.6 Å². The number of aryl methyl sites for hydroxylation is 2. The van der Waals surface area contributed by atoms with Crippen molar-refractivity contribution in [2.75, 3.05) is 6.54 Å². The van der Waals surface area contributed by atoms with Crippen molar-refractivity contribution >= 4 is 16.8 Å². The minimum atomic E-state index is 0.133. The number of carbonyl (C=O) groups excluding carboxylic acids is 1. The van der Waals surface area contributed by atoms with Crippen LogP contribution in [0.15, 0.2) is 18.2 Å². The summed E-state index contributed by atoms with van der Waals surface area (Å²) >= 11 is 0. The standard InChI is InChI=1S/C17H22N2O/c1-3-8-18-17(20)12-5-7-16-14(10-12)13-9-11(2)4-6-15(13)19-16/h4,6,9,12,19H,3,5,7-8,10H2,1-2H3,(H,18,20). The summed E-state index contributed by atoms with van der Waals surface area (Å²) in [4.78, 5) is 15.7. The SMILES string of the molecule is CCCNC(=O)C1CCc2[nH]c3ccc(C)cc3c2C1. The molecule has 2 N–H and O–H groups in total. The van der Waals surface area contributed by atoms with E-state index in [4.69, 9.17) is 0 Å². The Balaban J connectivity index is 1.88. The zero-order valence-electron chi connectivity index (χ0n) is 12.3. The molecule has 0 radical (unpaired) electrons. The Labute approximate surface area is 119 Å². The van der Waals surface area contributed by atoms with Gasteiger partial charge in [-0.05, 0) is 50.3 Å². The lowest BCUT2D eigenvalue weighted by Gasteiger charge is -2.21. The highest BCUT2D eigenvalue weighted by Crippen LogP contribution is 2.32. The van der Waals surface area contributed by atoms with Gasteiger partial charge in [0.1, 0.15) is 0 Å². The molecule has 1 aromatic heterocycles. The molecule has 1 aliphatic carbocycles. The number of H-pyrrole nitrogens is 1. The van der Waals surface area contributed by atoms with Gasteiger partial charge in [-0.15, -0.1) is 0 Å². The van der Waals surface area contributed by atoms with Crippen LogP contribution in [0, 0.1) is 12.8 Å². The van der Waals surface area contributed by atoms with E-state index in [0.29, 0.717) is 0 Å². The molecule has 1 aliphatic rings. The second-order valence-corrected chi connectivity index (χ2v) is 5.86. The Bertz CT molecular complexity index is 642. The third-order valence-electron chi connectivity index (χ3n) is 4.26. The fraction of sp³-hybridized carbons (Fsp3) is 0.471. The van der Waals surface area contributed by atoms with Crippen LogP contribution in [-0.4, -0.2) is 17.4 Å². The highest BCUT2D eigenvalue weighted by atomic mass is 16.1. The van der Waals surface area contributed by atoms with Crippen molar-refractivity contribution in [3.8, 4) is 0 Å². The summed E-state index contributed by atoms with van der Waals surface area (Å²) in [6, 6.07) is 6.52. The van der Waals surface area contributed by atoms with Gasteiger partial charge in [0.15, 0.2) is 0 Å². The topological polar surface area (TPSA) is 44.9 Å². The van der Waals surface area contributed by atoms with E-state index in [1.807, 2.05) is 0 Å². The summed E-state index contributed by atoms with van der Waals surface area (Å²) in [7, 11) is 0. The fourth-order valence-electron chi connectivity index (χ4n) is 3.15. The monoisotopic (exact) mass is 270 g/mol. The molecule has 0 saturated heterocycles. The van der Waals surface area contributed by atoms with E-state index in [0.717, 1.165) is 32.2 Å². The van der Waals surface area contributed by atoms with Gasteiger partial charge in [0.05, 0.1) is 0 Å². The maximum atomic E-state index is 12.2. The molecule has 106 valence electrons. The Morgan fingerprint density at radius 3 is 3.10 bits per heavy atom. The van der Waals surface area contributed by atoms with Crippen LogP contribution in [0.4, 0.5) is 0 Å². The van der Waals surface area contributed by atoms with Gasteiger partial charge in [-0.25, -0.2) is 0 Å². The number of aromatic nitrogens is 1. The van der Waals surface area contributed by atoms with Crippen LogP contribution >= 0.6 is 0 Å². The van der Waals surface area contributed by atoms with Gasteiger partial charge in [0.25, 0.3) is 0 Å². The largest absolute Gasteiger partial charge is 0.358 e. The summed E-state index contributed by atoms with van der Waals surface area (Å²) < 4.78 is 0. The van der Waals surface area contributed by atoms with E-state index >= 15 is 0 Å². The van der Waals surface area contributed by atoms with Crippen LogP contribution in [0.3, 0.4) is 0 Å². The Hall–Kier alpha value is -1.77. The molecule has 2 aromatic rings. The molecule has 3 heteroatoms. The minimum absolute atomic E-state index is 0.133. The number of aromatic amines is 1. The average molecular weight is 270 g/mol. The first-order chi connectivity index (χ1) is 9.69. The first-order valence-electron chi connectivity index (χ1n) is 7.57. The van der Waals surface area contributed by atoms with Crippen LogP contribution in [-0.2, 0) is 17.6 Å². The van der Waals surface area contributed by atoms with E-state index in [1.54, 1.807) is 0 Å². The highest BCUT2D eigenvalue weighted by molar-refractivity contribution is 5.87. The lowest BCUT2D eigenvalue weighted by molar-refractivity contribution is -0.125. The van der Waals surface area contributed by atoms with Crippen molar-refractivity contribution in [1.82, 2.24) is 10.3 Å². The summed E-state index contributed by atoms with van der Waals surface area (Å²) in [5.74, 6) is 0.355. The van der Waals surface area contributed by atoms with Crippen LogP contribution in [0.5, 0.6) is 0 Å². The molecule has 1 atom stereocenters. The number of fused-ring (bicyclic) bond motifs is 3. The Kier molecular flexibility index (Phi) is 3.51. The third-order valence-corrected chi connectivity index (χ3v) is 4.26. The van der Waals surface area contributed by atoms with E-state index in [9.17, 15) is 4.79 Å². The van der Waals surface area contributed by atoms with Crippen LogP contribution < -0.4 is 5.32 Å². The van der Waals surface area contributed by atoms with Crippen LogP contribution in [0.2, 0.25) is 0 Å². The van der Waals surface area contributed by atoms with E-state index < -0.39 is 0 Å². The second-order valence-electron chi connectivity index (χ2n) is 5.86. The lowest BCUT2D eigenvalue weighted by Crippen LogP contribution is -2.34. The molecule has 3 rings (SSSR count). The van der Waals surface area contributed by atoms with Gasteiger partial charge < -0.3 is 10.3 Å². The molecular weight excluding hydrogens is 248 g/mol. The predicted molar refractivity (Wildman–Crippen MR) is 81.9 cm³/mol. The normalized spacial score (nSPS) is 18.0. The van der Waals surface area contributed by atoms with Crippen molar-refractivity contribution in [3.05, 3.63) is 35.0 Å². The summed E-state index contributed by atoms with van der Waals surface area (Å²) in [6.45, 7) is 4.99. The first-order valence-corrected chi connectivity index (χ1v) is 7.57. The average Bonchev–Trinajstić information content (AvgIpc) is 2.82. The van der Waals surface area contributed by atoms with Crippen molar-refractivity contribution in [2.45, 2.75) is 39.5 Å². The lowest BCUT2D eigenvalue weighted by atomic mass is 9.85. The molecule has 0 saturated carbocycles. The summed E-state index contributed by atoms with van der Waals surface area (Å²) in [5, 5.41) is 4.33. The van der Waals surface area contributed by atoms with Gasteiger partial charge in [0.2, 0.25) is 5.91 Å². The number of nitrogens with one attached hydrogen (secondary N) is 2. The number of hydrogen-bond acceptors (Lipinski definition) is 1. The first kappa shape index (κ1) is 13.2. The fourth-order valence-corrected chi connectivity index (χ4v) is 3.15. The Morgan fingerprint density at radius 2 is 2.30 bits per heavy atom. The molecule has 1 heterocycles. The van der Waals surface area contributed by atoms with Gasteiger partial charge in [-0.3, -0.25) is 4.79 Å². The molecule has 1 unspecified atom stereocenters. The molecule has 0 fully saturated rings. The zero-order chi connectivity index (χ0) is 14.1. The maximum absolute atomic E-state index is 12.2. The molecular formula is C17H22N2O. The van der Waals surface area contributed by atoms with Crippen molar-refractivity contribution < 1.29 is 4.79 Å². The second kappa shape index (κ2) is 5.31. The van der Waals surface area contributed by atoms with Gasteiger partial charge in [-0.2, -0.15) is 0 Å². The van der Waals surface area contributed by atoms with Crippen molar-refractivity contribution in [1.29, 1.82) is 0 Å². The van der Waals surface area contributed by atoms with E-state index in [1.165, 1.54) is 27.7 Å². The Morgan fingerprint density at radius 1 is 1.45 bits per heavy atom. The zero-order valence-corrected chi connectivity index (χ0v) is 12.3. The molecule has 0 bridgehead atoms. The van der Waals surface area contributed by atoms with Gasteiger partial charge >= 0.3 is 0 Å². The van der Waals surface area contributed by atoms with Crippen molar-refractivity contribution in [2.24, 2.45) is 5.92 Å². The quantitative estimate of drug-likeness (QED) is 0.884. The van der Waals surface area contributed by atoms with Gasteiger partial charge in [0, 0.05) is 29.1 Å². The summed E-state index contributed by atoms with van der Waals surface area (Å²) in [6.07, 6.45) is 3.80. The smallest absolute Gasteiger partial charge is 0.223 e. The highest BCUT2D eigenvalue weighted by Gasteiger charge is 2.26. The number of hydrogen-bond donors (Lipinski definition) is 2. The molecule has 1 amide bonds.